The lowest BCUT2D eigenvalue weighted by atomic mass is 10.0. The van der Waals surface area contributed by atoms with Gasteiger partial charge in [0.05, 0.1) is 24.8 Å². The summed E-state index contributed by atoms with van der Waals surface area (Å²) in [7, 11) is 1.62. The van der Waals surface area contributed by atoms with Crippen molar-refractivity contribution in [3.8, 4) is 11.5 Å². The van der Waals surface area contributed by atoms with Gasteiger partial charge in [-0.1, -0.05) is 19.9 Å². The number of aliphatic hydroxyl groups is 1. The van der Waals surface area contributed by atoms with Gasteiger partial charge in [0.15, 0.2) is 11.5 Å². The van der Waals surface area contributed by atoms with Gasteiger partial charge in [0.25, 0.3) is 0 Å². The molecule has 0 spiro atoms. The fourth-order valence-corrected chi connectivity index (χ4v) is 2.36. The molecule has 0 saturated heterocycles. The monoisotopic (exact) mass is 328 g/mol. The van der Waals surface area contributed by atoms with Crippen LogP contribution in [-0.2, 0) is 0 Å². The number of hydrogen-bond acceptors (Lipinski definition) is 3. The van der Waals surface area contributed by atoms with Gasteiger partial charge in [-0.25, -0.2) is 0 Å². The van der Waals surface area contributed by atoms with Crippen LogP contribution in [0.2, 0.25) is 0 Å². The molecule has 106 valence electrons. The quantitative estimate of drug-likeness (QED) is 0.861. The van der Waals surface area contributed by atoms with E-state index in [1.165, 1.54) is 0 Å². The van der Waals surface area contributed by atoms with Crippen molar-refractivity contribution in [2.45, 2.75) is 20.8 Å². The Morgan fingerprint density at radius 2 is 2.11 bits per heavy atom. The summed E-state index contributed by atoms with van der Waals surface area (Å²) in [5, 5.41) is 9.36. The Hall–Kier alpha value is -1.00. The molecule has 4 heteroatoms. The third kappa shape index (κ3) is 4.25. The lowest BCUT2D eigenvalue weighted by Crippen LogP contribution is -2.00. The summed E-state index contributed by atoms with van der Waals surface area (Å²) in [6.07, 6.45) is 1.98. The molecular formula is C15H21BrO3. The molecule has 0 aliphatic carbocycles. The van der Waals surface area contributed by atoms with Gasteiger partial charge in [-0.05, 0) is 52.0 Å². The first kappa shape index (κ1) is 16.1. The third-order valence-electron chi connectivity index (χ3n) is 2.81. The topological polar surface area (TPSA) is 38.7 Å². The molecule has 3 nitrogen and oxygen atoms in total. The van der Waals surface area contributed by atoms with E-state index in [0.717, 1.165) is 15.6 Å². The first-order valence-corrected chi connectivity index (χ1v) is 7.14. The largest absolute Gasteiger partial charge is 0.492 e. The Morgan fingerprint density at radius 1 is 1.42 bits per heavy atom. The fraction of sp³-hybridized carbons (Fsp3) is 0.467. The van der Waals surface area contributed by atoms with Gasteiger partial charge in [0, 0.05) is 0 Å². The van der Waals surface area contributed by atoms with Gasteiger partial charge in [-0.2, -0.15) is 0 Å². The minimum atomic E-state index is 0.0608. The highest BCUT2D eigenvalue weighted by Crippen LogP contribution is 2.37. The van der Waals surface area contributed by atoms with Crippen LogP contribution in [0.1, 0.15) is 26.3 Å². The van der Waals surface area contributed by atoms with Crippen LogP contribution in [0.4, 0.5) is 0 Å². The molecule has 0 saturated carbocycles. The summed E-state index contributed by atoms with van der Waals surface area (Å²) < 4.78 is 11.7. The van der Waals surface area contributed by atoms with E-state index in [1.807, 2.05) is 25.1 Å². The first-order valence-electron chi connectivity index (χ1n) is 6.35. The highest BCUT2D eigenvalue weighted by atomic mass is 79.9. The van der Waals surface area contributed by atoms with Crippen molar-refractivity contribution in [1.82, 2.24) is 0 Å². The van der Waals surface area contributed by atoms with Crippen LogP contribution < -0.4 is 9.47 Å². The second-order valence-electron chi connectivity index (χ2n) is 4.50. The van der Waals surface area contributed by atoms with E-state index in [4.69, 9.17) is 9.47 Å². The third-order valence-corrected chi connectivity index (χ3v) is 3.40. The predicted molar refractivity (Wildman–Crippen MR) is 81.8 cm³/mol. The van der Waals surface area contributed by atoms with E-state index in [0.29, 0.717) is 24.0 Å². The van der Waals surface area contributed by atoms with Gasteiger partial charge < -0.3 is 14.6 Å². The minimum Gasteiger partial charge on any atom is -0.492 e. The molecule has 1 aromatic carbocycles. The molecule has 1 rings (SSSR count). The molecular weight excluding hydrogens is 308 g/mol. The average molecular weight is 329 g/mol. The fourth-order valence-electron chi connectivity index (χ4n) is 1.74. The molecule has 0 aliphatic heterocycles. The van der Waals surface area contributed by atoms with Crippen LogP contribution in [0.25, 0.3) is 6.08 Å². The summed E-state index contributed by atoms with van der Waals surface area (Å²) in [6.45, 7) is 6.69. The zero-order valence-electron chi connectivity index (χ0n) is 11.9. The highest BCUT2D eigenvalue weighted by molar-refractivity contribution is 9.10. The summed E-state index contributed by atoms with van der Waals surface area (Å²) in [5.41, 5.74) is 1.97. The Labute approximate surface area is 123 Å². The summed E-state index contributed by atoms with van der Waals surface area (Å²) in [4.78, 5) is 0. The highest BCUT2D eigenvalue weighted by Gasteiger charge is 2.11. The molecule has 0 amide bonds. The number of rotatable bonds is 6. The maximum atomic E-state index is 9.36. The summed E-state index contributed by atoms with van der Waals surface area (Å²) >= 11 is 3.48. The molecule has 0 fully saturated rings. The molecule has 0 atom stereocenters. The molecule has 0 bridgehead atoms. The average Bonchev–Trinajstić information content (AvgIpc) is 2.35. The van der Waals surface area contributed by atoms with Crippen LogP contribution in [0, 0.1) is 5.92 Å². The molecule has 1 aromatic rings. The van der Waals surface area contributed by atoms with Gasteiger partial charge in [-0.3, -0.25) is 0 Å². The van der Waals surface area contributed by atoms with Crippen molar-refractivity contribution in [2.75, 3.05) is 20.3 Å². The van der Waals surface area contributed by atoms with Crippen molar-refractivity contribution >= 4 is 22.0 Å². The standard InChI is InChI=1S/C15H21BrO3/c1-5-19-14-8-11(6-12(9-17)10(2)3)7-13(16)15(14)18-4/h6-8,10,17H,5,9H2,1-4H3. The van der Waals surface area contributed by atoms with Gasteiger partial charge >= 0.3 is 0 Å². The Bertz CT molecular complexity index is 453. The van der Waals surface area contributed by atoms with Crippen LogP contribution in [-0.4, -0.2) is 25.4 Å². The maximum absolute atomic E-state index is 9.36. The second-order valence-corrected chi connectivity index (χ2v) is 5.35. The van der Waals surface area contributed by atoms with Crippen LogP contribution in [0.5, 0.6) is 11.5 Å². The summed E-state index contributed by atoms with van der Waals surface area (Å²) in [6, 6.07) is 3.88. The number of benzene rings is 1. The molecule has 1 N–H and O–H groups in total. The van der Waals surface area contributed by atoms with Crippen LogP contribution in [0.15, 0.2) is 22.2 Å². The lowest BCUT2D eigenvalue weighted by Gasteiger charge is -2.13. The number of hydrogen-bond donors (Lipinski definition) is 1. The van der Waals surface area contributed by atoms with Gasteiger partial charge in [0.1, 0.15) is 0 Å². The Morgan fingerprint density at radius 3 is 2.58 bits per heavy atom. The summed E-state index contributed by atoms with van der Waals surface area (Å²) in [5.74, 6) is 1.70. The Balaban J connectivity index is 3.23. The van der Waals surface area contributed by atoms with E-state index in [2.05, 4.69) is 29.8 Å². The van der Waals surface area contributed by atoms with E-state index in [1.54, 1.807) is 7.11 Å². The SMILES string of the molecule is CCOc1cc(C=C(CO)C(C)C)cc(Br)c1OC. The maximum Gasteiger partial charge on any atom is 0.174 e. The van der Waals surface area contributed by atoms with Crippen molar-refractivity contribution in [3.63, 3.8) is 0 Å². The lowest BCUT2D eigenvalue weighted by molar-refractivity contribution is 0.309. The van der Waals surface area contributed by atoms with Gasteiger partial charge in [-0.15, -0.1) is 0 Å². The molecule has 0 unspecified atom stereocenters. The molecule has 19 heavy (non-hydrogen) atoms. The number of ether oxygens (including phenoxy) is 2. The zero-order chi connectivity index (χ0) is 14.4. The number of halogens is 1. The van der Waals surface area contributed by atoms with Crippen molar-refractivity contribution in [2.24, 2.45) is 5.92 Å². The van der Waals surface area contributed by atoms with E-state index >= 15 is 0 Å². The van der Waals surface area contributed by atoms with E-state index in [9.17, 15) is 5.11 Å². The second kappa shape index (κ2) is 7.56. The predicted octanol–water partition coefficient (Wildman–Crippen LogP) is 3.89. The molecule has 0 radical (unpaired) electrons. The van der Waals surface area contributed by atoms with Crippen molar-refractivity contribution < 1.29 is 14.6 Å². The van der Waals surface area contributed by atoms with Crippen molar-refractivity contribution in [1.29, 1.82) is 0 Å². The molecule has 0 aromatic heterocycles. The molecule has 0 heterocycles. The molecule has 0 aliphatic rings. The zero-order valence-corrected chi connectivity index (χ0v) is 13.5. The number of methoxy groups -OCH3 is 1. The van der Waals surface area contributed by atoms with Gasteiger partial charge in [0.2, 0.25) is 0 Å². The normalized spacial score (nSPS) is 11.8. The van der Waals surface area contributed by atoms with Crippen molar-refractivity contribution in [3.05, 3.63) is 27.7 Å². The smallest absolute Gasteiger partial charge is 0.174 e. The first-order chi connectivity index (χ1) is 9.03. The van der Waals surface area contributed by atoms with Crippen LogP contribution >= 0.6 is 15.9 Å². The van der Waals surface area contributed by atoms with E-state index in [-0.39, 0.29) is 6.61 Å². The Kier molecular flexibility index (Phi) is 6.38. The van der Waals surface area contributed by atoms with Crippen LogP contribution in [0.3, 0.4) is 0 Å². The van der Waals surface area contributed by atoms with E-state index < -0.39 is 0 Å². The number of aliphatic hydroxyl groups excluding tert-OH is 1. The minimum absolute atomic E-state index is 0.0608.